The van der Waals surface area contributed by atoms with Crippen LogP contribution in [0, 0.1) is 0 Å². The van der Waals surface area contributed by atoms with Gasteiger partial charge < -0.3 is 19.8 Å². The summed E-state index contributed by atoms with van der Waals surface area (Å²) in [6, 6.07) is 3.42. The standard InChI is InChI=1S/C12H18N2O3/c1-2-9-8-14(5-6-16-9)12(15)11-4-3-10(7-13)17-11/h3-4,9H,2,5-8,13H2,1H3. The molecule has 1 aliphatic heterocycles. The molecule has 1 aromatic heterocycles. The summed E-state index contributed by atoms with van der Waals surface area (Å²) in [6.07, 6.45) is 1.05. The quantitative estimate of drug-likeness (QED) is 0.852. The van der Waals surface area contributed by atoms with Crippen molar-refractivity contribution >= 4 is 5.91 Å². The molecule has 0 radical (unpaired) electrons. The van der Waals surface area contributed by atoms with Crippen LogP contribution in [0.15, 0.2) is 16.5 Å². The van der Waals surface area contributed by atoms with Gasteiger partial charge in [0.25, 0.3) is 5.91 Å². The van der Waals surface area contributed by atoms with E-state index in [2.05, 4.69) is 6.92 Å². The van der Waals surface area contributed by atoms with Gasteiger partial charge in [-0.05, 0) is 18.6 Å². The van der Waals surface area contributed by atoms with Crippen molar-refractivity contribution in [2.75, 3.05) is 19.7 Å². The molecule has 2 rings (SSSR count). The number of furan rings is 1. The van der Waals surface area contributed by atoms with Gasteiger partial charge in [0.05, 0.1) is 19.3 Å². The molecule has 1 aliphatic rings. The van der Waals surface area contributed by atoms with Gasteiger partial charge in [-0.2, -0.15) is 0 Å². The predicted molar refractivity (Wildman–Crippen MR) is 62.5 cm³/mol. The Morgan fingerprint density at radius 2 is 2.41 bits per heavy atom. The molecule has 94 valence electrons. The van der Waals surface area contributed by atoms with E-state index in [1.54, 1.807) is 17.0 Å². The molecule has 0 spiro atoms. The Balaban J connectivity index is 2.03. The largest absolute Gasteiger partial charge is 0.455 e. The van der Waals surface area contributed by atoms with E-state index in [-0.39, 0.29) is 12.0 Å². The molecule has 0 aromatic carbocycles. The number of hydrogen-bond acceptors (Lipinski definition) is 4. The Bertz CT molecular complexity index is 389. The van der Waals surface area contributed by atoms with Crippen LogP contribution in [0.25, 0.3) is 0 Å². The van der Waals surface area contributed by atoms with Gasteiger partial charge in [-0.25, -0.2) is 0 Å². The maximum atomic E-state index is 12.1. The van der Waals surface area contributed by atoms with Crippen LogP contribution in [0.2, 0.25) is 0 Å². The minimum absolute atomic E-state index is 0.0774. The van der Waals surface area contributed by atoms with Gasteiger partial charge in [0.15, 0.2) is 5.76 Å². The summed E-state index contributed by atoms with van der Waals surface area (Å²) in [5.41, 5.74) is 5.45. The van der Waals surface area contributed by atoms with E-state index in [4.69, 9.17) is 14.9 Å². The Kier molecular flexibility index (Phi) is 3.81. The second-order valence-electron chi connectivity index (χ2n) is 4.12. The maximum Gasteiger partial charge on any atom is 0.289 e. The average molecular weight is 238 g/mol. The number of carbonyl (C=O) groups excluding carboxylic acids is 1. The molecule has 5 heteroatoms. The summed E-state index contributed by atoms with van der Waals surface area (Å²) in [5.74, 6) is 0.919. The van der Waals surface area contributed by atoms with Crippen molar-refractivity contribution in [3.8, 4) is 0 Å². The van der Waals surface area contributed by atoms with Gasteiger partial charge in [0.2, 0.25) is 0 Å². The van der Waals surface area contributed by atoms with Gasteiger partial charge in [-0.3, -0.25) is 4.79 Å². The van der Waals surface area contributed by atoms with E-state index in [0.717, 1.165) is 6.42 Å². The fourth-order valence-corrected chi connectivity index (χ4v) is 1.91. The third kappa shape index (κ3) is 2.68. The summed E-state index contributed by atoms with van der Waals surface area (Å²) < 4.78 is 10.9. The summed E-state index contributed by atoms with van der Waals surface area (Å²) in [7, 11) is 0. The number of ether oxygens (including phenoxy) is 1. The van der Waals surface area contributed by atoms with E-state index < -0.39 is 0 Å². The average Bonchev–Trinajstić information content (AvgIpc) is 2.86. The summed E-state index contributed by atoms with van der Waals surface area (Å²) in [4.78, 5) is 13.9. The molecule has 1 saturated heterocycles. The summed E-state index contributed by atoms with van der Waals surface area (Å²) in [6.45, 7) is 4.21. The van der Waals surface area contributed by atoms with Crippen LogP contribution in [0.4, 0.5) is 0 Å². The third-order valence-corrected chi connectivity index (χ3v) is 2.95. The lowest BCUT2D eigenvalue weighted by molar-refractivity contribution is -0.0235. The highest BCUT2D eigenvalue weighted by atomic mass is 16.5. The van der Waals surface area contributed by atoms with Crippen LogP contribution < -0.4 is 5.73 Å². The number of nitrogens with two attached hydrogens (primary N) is 1. The molecular formula is C12H18N2O3. The van der Waals surface area contributed by atoms with Gasteiger partial charge in [-0.15, -0.1) is 0 Å². The first kappa shape index (κ1) is 12.1. The monoisotopic (exact) mass is 238 g/mol. The molecule has 1 atom stereocenters. The highest BCUT2D eigenvalue weighted by Crippen LogP contribution is 2.14. The molecule has 1 unspecified atom stereocenters. The minimum atomic E-state index is -0.0774. The number of hydrogen-bond donors (Lipinski definition) is 1. The Labute approximate surface area is 101 Å². The predicted octanol–water partition coefficient (Wildman–Crippen LogP) is 0.989. The van der Waals surface area contributed by atoms with Crippen LogP contribution in [-0.4, -0.2) is 36.6 Å². The number of rotatable bonds is 3. The molecule has 0 aliphatic carbocycles. The van der Waals surface area contributed by atoms with Crippen molar-refractivity contribution < 1.29 is 13.9 Å². The minimum Gasteiger partial charge on any atom is -0.455 e. The van der Waals surface area contributed by atoms with Gasteiger partial charge in [0, 0.05) is 13.1 Å². The lowest BCUT2D eigenvalue weighted by Gasteiger charge is -2.31. The molecule has 1 amide bonds. The summed E-state index contributed by atoms with van der Waals surface area (Å²) in [5, 5.41) is 0. The van der Waals surface area contributed by atoms with Crippen LogP contribution in [0.1, 0.15) is 29.7 Å². The van der Waals surface area contributed by atoms with Gasteiger partial charge in [-0.1, -0.05) is 6.92 Å². The van der Waals surface area contributed by atoms with Crippen molar-refractivity contribution in [2.24, 2.45) is 5.73 Å². The fourth-order valence-electron chi connectivity index (χ4n) is 1.91. The number of nitrogens with zero attached hydrogens (tertiary/aromatic N) is 1. The van der Waals surface area contributed by atoms with Crippen LogP contribution in [-0.2, 0) is 11.3 Å². The van der Waals surface area contributed by atoms with Crippen LogP contribution >= 0.6 is 0 Å². The molecule has 1 aromatic rings. The lowest BCUT2D eigenvalue weighted by Crippen LogP contribution is -2.45. The Morgan fingerprint density at radius 3 is 3.06 bits per heavy atom. The molecule has 1 fully saturated rings. The molecular weight excluding hydrogens is 220 g/mol. The van der Waals surface area contributed by atoms with Crippen molar-refractivity contribution in [3.05, 3.63) is 23.7 Å². The topological polar surface area (TPSA) is 68.7 Å². The first-order valence-electron chi connectivity index (χ1n) is 5.94. The van der Waals surface area contributed by atoms with Gasteiger partial charge >= 0.3 is 0 Å². The van der Waals surface area contributed by atoms with Gasteiger partial charge in [0.1, 0.15) is 5.76 Å². The smallest absolute Gasteiger partial charge is 0.289 e. The zero-order valence-electron chi connectivity index (χ0n) is 10.0. The highest BCUT2D eigenvalue weighted by molar-refractivity contribution is 5.91. The zero-order valence-corrected chi connectivity index (χ0v) is 10.0. The lowest BCUT2D eigenvalue weighted by atomic mass is 10.2. The number of carbonyl (C=O) groups is 1. The van der Waals surface area contributed by atoms with Crippen molar-refractivity contribution in [1.29, 1.82) is 0 Å². The first-order valence-corrected chi connectivity index (χ1v) is 5.94. The van der Waals surface area contributed by atoms with E-state index >= 15 is 0 Å². The van der Waals surface area contributed by atoms with Crippen molar-refractivity contribution in [1.82, 2.24) is 4.90 Å². The second-order valence-corrected chi connectivity index (χ2v) is 4.12. The van der Waals surface area contributed by atoms with E-state index in [1.807, 2.05) is 0 Å². The number of amides is 1. The van der Waals surface area contributed by atoms with E-state index in [0.29, 0.717) is 37.8 Å². The van der Waals surface area contributed by atoms with Crippen LogP contribution in [0.3, 0.4) is 0 Å². The van der Waals surface area contributed by atoms with Crippen molar-refractivity contribution in [3.63, 3.8) is 0 Å². The molecule has 5 nitrogen and oxygen atoms in total. The fraction of sp³-hybridized carbons (Fsp3) is 0.583. The second kappa shape index (κ2) is 5.33. The third-order valence-electron chi connectivity index (χ3n) is 2.95. The molecule has 0 saturated carbocycles. The zero-order chi connectivity index (χ0) is 12.3. The molecule has 2 heterocycles. The highest BCUT2D eigenvalue weighted by Gasteiger charge is 2.25. The van der Waals surface area contributed by atoms with E-state index in [1.165, 1.54) is 0 Å². The first-order chi connectivity index (χ1) is 8.24. The molecule has 0 bridgehead atoms. The summed E-state index contributed by atoms with van der Waals surface area (Å²) >= 11 is 0. The molecule has 2 N–H and O–H groups in total. The van der Waals surface area contributed by atoms with Crippen LogP contribution in [0.5, 0.6) is 0 Å². The SMILES string of the molecule is CCC1CN(C(=O)c2ccc(CN)o2)CCO1. The Morgan fingerprint density at radius 1 is 1.59 bits per heavy atom. The molecule has 17 heavy (non-hydrogen) atoms. The van der Waals surface area contributed by atoms with E-state index in [9.17, 15) is 4.79 Å². The van der Waals surface area contributed by atoms with Crippen molar-refractivity contribution in [2.45, 2.75) is 26.0 Å². The Hall–Kier alpha value is -1.33. The normalized spacial score (nSPS) is 20.6. The maximum absolute atomic E-state index is 12.1. The number of morpholine rings is 1.